The van der Waals surface area contributed by atoms with E-state index in [1.54, 1.807) is 92.0 Å². The Morgan fingerprint density at radius 2 is 0.688 bits per heavy atom. The van der Waals surface area contributed by atoms with Crippen LogP contribution in [0, 0.1) is 20.8 Å². The van der Waals surface area contributed by atoms with Gasteiger partial charge in [0.15, 0.2) is 0 Å². The van der Waals surface area contributed by atoms with Crippen LogP contribution in [-0.2, 0) is 35.9 Å². The van der Waals surface area contributed by atoms with E-state index in [9.17, 15) is 16.8 Å². The predicted octanol–water partition coefficient (Wildman–Crippen LogP) is 16.9. The highest BCUT2D eigenvalue weighted by Crippen LogP contribution is 2.57. The minimum absolute atomic E-state index is 0.0550. The summed E-state index contributed by atoms with van der Waals surface area (Å²) in [6, 6.07) is 76.0. The van der Waals surface area contributed by atoms with Gasteiger partial charge in [0.1, 0.15) is 28.7 Å². The molecule has 0 heterocycles. The summed E-state index contributed by atoms with van der Waals surface area (Å²) in [5.41, 5.74) is 14.3. The molecule has 10 aromatic rings. The Morgan fingerprint density at radius 3 is 1.12 bits per heavy atom. The number of benzene rings is 10. The van der Waals surface area contributed by atoms with Crippen molar-refractivity contribution < 1.29 is 31.0 Å². The molecular formula is C71H62O7S2. The van der Waals surface area contributed by atoms with Gasteiger partial charge in [-0.1, -0.05) is 165 Å². The van der Waals surface area contributed by atoms with Gasteiger partial charge in [0, 0.05) is 5.41 Å². The van der Waals surface area contributed by atoms with Crippen LogP contribution in [0.25, 0.3) is 11.1 Å². The van der Waals surface area contributed by atoms with E-state index in [0.717, 1.165) is 23.3 Å². The van der Waals surface area contributed by atoms with Crippen LogP contribution >= 0.6 is 0 Å². The van der Waals surface area contributed by atoms with Crippen LogP contribution in [0.5, 0.6) is 28.7 Å². The Morgan fingerprint density at radius 1 is 0.350 bits per heavy atom. The predicted molar refractivity (Wildman–Crippen MR) is 318 cm³/mol. The molecule has 0 N–H and O–H groups in total. The first-order valence-corrected chi connectivity index (χ1v) is 29.7. The zero-order valence-corrected chi connectivity index (χ0v) is 47.5. The van der Waals surface area contributed by atoms with Crippen LogP contribution in [0.3, 0.4) is 0 Å². The average Bonchev–Trinajstić information content (AvgIpc) is 4.13. The molecule has 400 valence electrons. The molecule has 1 unspecified atom stereocenters. The SMILES string of the molecule is COc1ccc(S(=O)(=O)c2ccc(Oc3ccc(C4(c5ccc(C)cc5)c5ccccc5-c5ccccc54)cc3)cc2)cc1.Cc1ccc(C2(C)CC(C)(C)c3ccc(Oc4ccc(S(=O)(=O)c5ccc(C)cc5)cc4)cc32)cc1. The average molecular weight is 1090 g/mol. The van der Waals surface area contributed by atoms with Crippen molar-refractivity contribution in [3.8, 4) is 39.9 Å². The Kier molecular flexibility index (Phi) is 14.0. The van der Waals surface area contributed by atoms with Gasteiger partial charge in [-0.15, -0.1) is 0 Å². The second kappa shape index (κ2) is 20.9. The maximum atomic E-state index is 13.1. The number of aryl methyl sites for hydroxylation is 3. The molecule has 7 nitrogen and oxygen atoms in total. The molecular weight excluding hydrogens is 1030 g/mol. The van der Waals surface area contributed by atoms with Crippen molar-refractivity contribution in [1.29, 1.82) is 0 Å². The van der Waals surface area contributed by atoms with Gasteiger partial charge < -0.3 is 14.2 Å². The van der Waals surface area contributed by atoms with E-state index in [-0.39, 0.29) is 25.5 Å². The number of hydrogen-bond acceptors (Lipinski definition) is 7. The second-order valence-corrected chi connectivity index (χ2v) is 25.7. The van der Waals surface area contributed by atoms with Gasteiger partial charge in [-0.25, -0.2) is 16.8 Å². The van der Waals surface area contributed by atoms with Crippen LogP contribution < -0.4 is 14.2 Å². The Balaban J connectivity index is 0.000000172. The highest BCUT2D eigenvalue weighted by molar-refractivity contribution is 7.91. The Bertz CT molecular complexity index is 4070. The molecule has 0 radical (unpaired) electrons. The molecule has 1 atom stereocenters. The molecule has 2 aliphatic rings. The van der Waals surface area contributed by atoms with E-state index in [0.29, 0.717) is 27.9 Å². The lowest BCUT2D eigenvalue weighted by Gasteiger charge is -2.34. The first-order valence-electron chi connectivity index (χ1n) is 26.8. The maximum absolute atomic E-state index is 13.1. The lowest BCUT2D eigenvalue weighted by molar-refractivity contribution is 0.414. The van der Waals surface area contributed by atoms with Crippen molar-refractivity contribution in [3.05, 3.63) is 292 Å². The molecule has 0 aromatic heterocycles. The topological polar surface area (TPSA) is 96.0 Å². The van der Waals surface area contributed by atoms with Gasteiger partial charge in [-0.05, 0) is 192 Å². The third kappa shape index (κ3) is 9.79. The lowest BCUT2D eigenvalue weighted by atomic mass is 9.67. The van der Waals surface area contributed by atoms with Crippen molar-refractivity contribution in [1.82, 2.24) is 0 Å². The van der Waals surface area contributed by atoms with Gasteiger partial charge in [-0.2, -0.15) is 0 Å². The minimum atomic E-state index is -3.66. The van der Waals surface area contributed by atoms with E-state index >= 15 is 0 Å². The monoisotopic (exact) mass is 1090 g/mol. The summed E-state index contributed by atoms with van der Waals surface area (Å²) >= 11 is 0. The quantitative estimate of drug-likeness (QED) is 0.120. The standard InChI is InChI=1S/C39H30O4S.C32H32O3S/c1-27-11-13-28(14-12-27)39(37-9-5-3-7-35(37)36-8-4-6-10-38(36)39)29-15-17-31(18-16-29)43-32-21-25-34(26-22-32)44(40,41)33-23-19-30(42-2)20-24-33;1-22-6-10-24(11-7-22)32(5)21-31(3,4)29-19-14-26(20-30(29)32)35-25-12-17-28(18-13-25)36(33,34)27-15-8-23(2)9-16-27/h3-26H,1-2H3;6-20H,21H2,1-5H3. The summed E-state index contributed by atoms with van der Waals surface area (Å²) in [5.74, 6) is 3.17. The van der Waals surface area contributed by atoms with E-state index < -0.39 is 25.1 Å². The molecule has 0 saturated heterocycles. The molecule has 12 rings (SSSR count). The van der Waals surface area contributed by atoms with E-state index in [4.69, 9.17) is 14.2 Å². The van der Waals surface area contributed by atoms with Crippen molar-refractivity contribution in [2.45, 2.75) is 83.8 Å². The normalized spacial score (nSPS) is 15.6. The summed E-state index contributed by atoms with van der Waals surface area (Å²) in [4.78, 5) is 0.948. The van der Waals surface area contributed by atoms with Gasteiger partial charge in [-0.3, -0.25) is 0 Å². The summed E-state index contributed by atoms with van der Waals surface area (Å²) in [6.45, 7) is 13.1. The summed E-state index contributed by atoms with van der Waals surface area (Å²) in [6.07, 6.45) is 1.02. The van der Waals surface area contributed by atoms with Crippen LogP contribution in [-0.4, -0.2) is 23.9 Å². The zero-order valence-electron chi connectivity index (χ0n) is 45.9. The largest absolute Gasteiger partial charge is 0.497 e. The van der Waals surface area contributed by atoms with Crippen LogP contribution in [0.2, 0.25) is 0 Å². The van der Waals surface area contributed by atoms with Crippen LogP contribution in [0.1, 0.15) is 82.8 Å². The van der Waals surface area contributed by atoms with Gasteiger partial charge in [0.2, 0.25) is 19.7 Å². The maximum Gasteiger partial charge on any atom is 0.206 e. The van der Waals surface area contributed by atoms with Crippen molar-refractivity contribution in [2.75, 3.05) is 7.11 Å². The number of methoxy groups -OCH3 is 1. The van der Waals surface area contributed by atoms with Crippen LogP contribution in [0.15, 0.2) is 256 Å². The first-order chi connectivity index (χ1) is 38.4. The van der Waals surface area contributed by atoms with Gasteiger partial charge >= 0.3 is 0 Å². The molecule has 0 fully saturated rings. The second-order valence-electron chi connectivity index (χ2n) is 21.8. The molecule has 0 bridgehead atoms. The smallest absolute Gasteiger partial charge is 0.206 e. The number of ether oxygens (including phenoxy) is 3. The Labute approximate surface area is 471 Å². The molecule has 80 heavy (non-hydrogen) atoms. The van der Waals surface area contributed by atoms with Gasteiger partial charge in [0.05, 0.1) is 32.1 Å². The third-order valence-corrected chi connectivity index (χ3v) is 19.5. The third-order valence-electron chi connectivity index (χ3n) is 16.0. The molecule has 10 aromatic carbocycles. The van der Waals surface area contributed by atoms with E-state index in [2.05, 4.69) is 156 Å². The lowest BCUT2D eigenvalue weighted by Crippen LogP contribution is -2.28. The van der Waals surface area contributed by atoms with Crippen molar-refractivity contribution in [2.24, 2.45) is 0 Å². The summed E-state index contributed by atoms with van der Waals surface area (Å²) in [5, 5.41) is 0. The number of rotatable bonds is 12. The molecule has 0 amide bonds. The fraction of sp³-hybridized carbons (Fsp3) is 0.155. The molecule has 0 spiro atoms. The molecule has 0 aliphatic heterocycles. The fourth-order valence-corrected chi connectivity index (χ4v) is 14.4. The zero-order chi connectivity index (χ0) is 56.0. The van der Waals surface area contributed by atoms with Gasteiger partial charge in [0.25, 0.3) is 0 Å². The molecule has 2 aliphatic carbocycles. The summed E-state index contributed by atoms with van der Waals surface area (Å²) < 4.78 is 69.8. The summed E-state index contributed by atoms with van der Waals surface area (Å²) in [7, 11) is -5.69. The van der Waals surface area contributed by atoms with Crippen LogP contribution in [0.4, 0.5) is 0 Å². The fourth-order valence-electron chi connectivity index (χ4n) is 11.9. The molecule has 0 saturated carbocycles. The highest BCUT2D eigenvalue weighted by Gasteiger charge is 2.47. The number of sulfone groups is 2. The van der Waals surface area contributed by atoms with Crippen molar-refractivity contribution in [3.63, 3.8) is 0 Å². The first kappa shape index (κ1) is 53.5. The number of fused-ring (bicyclic) bond motifs is 4. The highest BCUT2D eigenvalue weighted by atomic mass is 32.2. The molecule has 9 heteroatoms. The van der Waals surface area contributed by atoms with E-state index in [1.165, 1.54) is 55.6 Å². The number of hydrogen-bond donors (Lipinski definition) is 0. The van der Waals surface area contributed by atoms with E-state index in [1.807, 2.05) is 37.3 Å². The Hall–Kier alpha value is -8.50. The van der Waals surface area contributed by atoms with Crippen molar-refractivity contribution >= 4 is 19.7 Å². The minimum Gasteiger partial charge on any atom is -0.497 e.